The summed E-state index contributed by atoms with van der Waals surface area (Å²) in [6.07, 6.45) is 2.59. The topological polar surface area (TPSA) is 42.9 Å². The monoisotopic (exact) mass is 352 g/mol. The third-order valence-electron chi connectivity index (χ3n) is 3.91. The van der Waals surface area contributed by atoms with Crippen LogP contribution in [0.25, 0.3) is 20.4 Å². The molecule has 0 amide bonds. The fourth-order valence-electron chi connectivity index (χ4n) is 2.67. The molecule has 0 fully saturated rings. The van der Waals surface area contributed by atoms with E-state index >= 15 is 0 Å². The number of rotatable bonds is 6. The molecule has 0 spiro atoms. The molecule has 0 unspecified atom stereocenters. The number of aryl methyl sites for hydroxylation is 2. The molecule has 2 aromatic carbocycles. The van der Waals surface area contributed by atoms with Gasteiger partial charge in [-0.25, -0.2) is 9.97 Å². The Morgan fingerprint density at radius 1 is 0.750 bits per heavy atom. The van der Waals surface area contributed by atoms with Crippen molar-refractivity contribution in [3.05, 3.63) is 58.5 Å². The van der Waals surface area contributed by atoms with Crippen molar-refractivity contribution in [2.24, 2.45) is 0 Å². The zero-order valence-corrected chi connectivity index (χ0v) is 14.7. The summed E-state index contributed by atoms with van der Waals surface area (Å²) in [5.74, 6) is 0.286. The van der Waals surface area contributed by atoms with Gasteiger partial charge in [-0.1, -0.05) is 24.3 Å². The average Bonchev–Trinajstić information content (AvgIpc) is 3.21. The van der Waals surface area contributed by atoms with Gasteiger partial charge in [0.1, 0.15) is 5.78 Å². The molecule has 0 atom stereocenters. The van der Waals surface area contributed by atoms with Crippen molar-refractivity contribution in [1.29, 1.82) is 0 Å². The van der Waals surface area contributed by atoms with Gasteiger partial charge in [-0.05, 0) is 24.3 Å². The molecule has 24 heavy (non-hydrogen) atoms. The average molecular weight is 352 g/mol. The van der Waals surface area contributed by atoms with Crippen LogP contribution < -0.4 is 0 Å². The second kappa shape index (κ2) is 6.79. The van der Waals surface area contributed by atoms with Gasteiger partial charge in [-0.15, -0.1) is 22.7 Å². The van der Waals surface area contributed by atoms with E-state index in [1.165, 1.54) is 9.40 Å². The minimum atomic E-state index is 0.286. The van der Waals surface area contributed by atoms with Gasteiger partial charge in [0, 0.05) is 25.7 Å². The fraction of sp³-hybridized carbons (Fsp3) is 0.211. The van der Waals surface area contributed by atoms with Crippen LogP contribution in [0, 0.1) is 0 Å². The highest BCUT2D eigenvalue weighted by Crippen LogP contribution is 2.24. The van der Waals surface area contributed by atoms with Gasteiger partial charge in [0.25, 0.3) is 0 Å². The number of Topliss-reactive ketones (excluding diaryl/α,β-unsaturated/α-hetero) is 1. The summed E-state index contributed by atoms with van der Waals surface area (Å²) in [5.41, 5.74) is 2.05. The van der Waals surface area contributed by atoms with Crippen molar-refractivity contribution < 1.29 is 4.79 Å². The lowest BCUT2D eigenvalue weighted by atomic mass is 10.1. The van der Waals surface area contributed by atoms with Crippen LogP contribution in [0.1, 0.15) is 22.9 Å². The predicted octanol–water partition coefficient (Wildman–Crippen LogP) is 5.04. The lowest BCUT2D eigenvalue weighted by Gasteiger charge is -1.97. The molecule has 120 valence electrons. The van der Waals surface area contributed by atoms with E-state index in [9.17, 15) is 4.79 Å². The maximum atomic E-state index is 12.2. The lowest BCUT2D eigenvalue weighted by molar-refractivity contribution is -0.119. The Morgan fingerprint density at radius 2 is 1.21 bits per heavy atom. The number of aromatic nitrogens is 2. The van der Waals surface area contributed by atoms with Gasteiger partial charge in [0.15, 0.2) is 0 Å². The Morgan fingerprint density at radius 3 is 1.67 bits per heavy atom. The minimum absolute atomic E-state index is 0.286. The molecule has 0 saturated heterocycles. The molecule has 0 radical (unpaired) electrons. The molecule has 0 aliphatic heterocycles. The van der Waals surface area contributed by atoms with E-state index in [4.69, 9.17) is 0 Å². The molecule has 0 aliphatic carbocycles. The van der Waals surface area contributed by atoms with Gasteiger partial charge in [0.05, 0.1) is 30.4 Å². The van der Waals surface area contributed by atoms with Crippen LogP contribution >= 0.6 is 22.7 Å². The number of benzene rings is 2. The van der Waals surface area contributed by atoms with E-state index in [1.54, 1.807) is 22.7 Å². The number of hydrogen-bond donors (Lipinski definition) is 0. The van der Waals surface area contributed by atoms with Crippen molar-refractivity contribution in [2.45, 2.75) is 25.7 Å². The summed E-state index contributed by atoms with van der Waals surface area (Å²) in [5, 5.41) is 2.09. The Labute approximate surface area is 148 Å². The van der Waals surface area contributed by atoms with E-state index in [2.05, 4.69) is 22.1 Å². The van der Waals surface area contributed by atoms with Crippen LogP contribution in [0.2, 0.25) is 0 Å². The fourth-order valence-corrected chi connectivity index (χ4v) is 4.61. The van der Waals surface area contributed by atoms with Gasteiger partial charge < -0.3 is 0 Å². The Balaban J connectivity index is 1.33. The standard InChI is InChI=1S/C19H16N2OS2/c22-13(9-11-18-20-14-5-1-3-7-16(14)23-18)10-12-19-21-15-6-2-4-8-17(15)24-19/h1-8H,9-12H2. The first-order valence-electron chi connectivity index (χ1n) is 7.98. The Hall–Kier alpha value is -2.11. The van der Waals surface area contributed by atoms with Crippen LogP contribution in [-0.2, 0) is 17.6 Å². The molecular weight excluding hydrogens is 336 g/mol. The van der Waals surface area contributed by atoms with E-state index in [0.29, 0.717) is 12.8 Å². The third-order valence-corrected chi connectivity index (χ3v) is 6.10. The maximum Gasteiger partial charge on any atom is 0.133 e. The summed E-state index contributed by atoms with van der Waals surface area (Å²) in [6.45, 7) is 0. The number of carbonyl (C=O) groups is 1. The maximum absolute atomic E-state index is 12.2. The Bertz CT molecular complexity index is 857. The number of carbonyl (C=O) groups excluding carboxylic acids is 1. The highest BCUT2D eigenvalue weighted by molar-refractivity contribution is 7.18. The van der Waals surface area contributed by atoms with E-state index < -0.39 is 0 Å². The van der Waals surface area contributed by atoms with Crippen LogP contribution in [-0.4, -0.2) is 15.8 Å². The number of hydrogen-bond acceptors (Lipinski definition) is 5. The van der Waals surface area contributed by atoms with Crippen molar-refractivity contribution in [2.75, 3.05) is 0 Å². The lowest BCUT2D eigenvalue weighted by Crippen LogP contribution is -2.01. The SMILES string of the molecule is O=C(CCc1nc2ccccc2s1)CCc1nc2ccccc2s1. The van der Waals surface area contributed by atoms with Gasteiger partial charge >= 0.3 is 0 Å². The molecule has 3 nitrogen and oxygen atoms in total. The molecule has 0 aliphatic rings. The van der Waals surface area contributed by atoms with Gasteiger partial charge in [0.2, 0.25) is 0 Å². The van der Waals surface area contributed by atoms with Gasteiger partial charge in [-0.3, -0.25) is 4.79 Å². The van der Waals surface area contributed by atoms with Crippen molar-refractivity contribution >= 4 is 48.9 Å². The number of fused-ring (bicyclic) bond motifs is 2. The molecule has 4 aromatic rings. The molecule has 2 aromatic heterocycles. The van der Waals surface area contributed by atoms with Crippen molar-refractivity contribution in [3.8, 4) is 0 Å². The highest BCUT2D eigenvalue weighted by atomic mass is 32.1. The normalized spacial score (nSPS) is 11.3. The number of thiazole rings is 2. The third kappa shape index (κ3) is 3.37. The second-order valence-corrected chi connectivity index (χ2v) is 7.92. The van der Waals surface area contributed by atoms with Gasteiger partial charge in [-0.2, -0.15) is 0 Å². The highest BCUT2D eigenvalue weighted by Gasteiger charge is 2.09. The summed E-state index contributed by atoms with van der Waals surface area (Å²) in [7, 11) is 0. The molecule has 2 heterocycles. The first kappa shape index (κ1) is 15.4. The van der Waals surface area contributed by atoms with E-state index in [-0.39, 0.29) is 5.78 Å². The van der Waals surface area contributed by atoms with Crippen molar-refractivity contribution in [1.82, 2.24) is 9.97 Å². The first-order valence-corrected chi connectivity index (χ1v) is 9.62. The van der Waals surface area contributed by atoms with Crippen LogP contribution in [0.3, 0.4) is 0 Å². The molecule has 0 bridgehead atoms. The molecule has 5 heteroatoms. The van der Waals surface area contributed by atoms with Crippen LogP contribution in [0.15, 0.2) is 48.5 Å². The molecule has 0 saturated carbocycles. The summed E-state index contributed by atoms with van der Waals surface area (Å²) in [6, 6.07) is 16.2. The zero-order valence-electron chi connectivity index (χ0n) is 13.1. The summed E-state index contributed by atoms with van der Waals surface area (Å²) < 4.78 is 2.38. The number of nitrogens with zero attached hydrogens (tertiary/aromatic N) is 2. The quantitative estimate of drug-likeness (QED) is 0.488. The number of para-hydroxylation sites is 2. The van der Waals surface area contributed by atoms with E-state index in [0.717, 1.165) is 33.9 Å². The summed E-state index contributed by atoms with van der Waals surface area (Å²) >= 11 is 3.37. The first-order chi connectivity index (χ1) is 11.8. The zero-order chi connectivity index (χ0) is 16.4. The molecule has 4 rings (SSSR count). The second-order valence-electron chi connectivity index (χ2n) is 5.69. The summed E-state index contributed by atoms with van der Waals surface area (Å²) in [4.78, 5) is 21.3. The Kier molecular flexibility index (Phi) is 4.36. The van der Waals surface area contributed by atoms with Crippen molar-refractivity contribution in [3.63, 3.8) is 0 Å². The minimum Gasteiger partial charge on any atom is -0.300 e. The smallest absolute Gasteiger partial charge is 0.133 e. The molecular formula is C19H16N2OS2. The molecule has 0 N–H and O–H groups in total. The number of ketones is 1. The van der Waals surface area contributed by atoms with E-state index in [1.807, 2.05) is 36.4 Å². The predicted molar refractivity (Wildman–Crippen MR) is 101 cm³/mol. The largest absolute Gasteiger partial charge is 0.300 e. The van der Waals surface area contributed by atoms with Crippen LogP contribution in [0.4, 0.5) is 0 Å². The van der Waals surface area contributed by atoms with Crippen LogP contribution in [0.5, 0.6) is 0 Å².